The minimum Gasteiger partial charge on any atom is -0.329 e. The Morgan fingerprint density at radius 1 is 1.08 bits per heavy atom. The van der Waals surface area contributed by atoms with Crippen LogP contribution in [0.3, 0.4) is 0 Å². The van der Waals surface area contributed by atoms with Crippen molar-refractivity contribution < 1.29 is 13.6 Å². The lowest BCUT2D eigenvalue weighted by Gasteiger charge is -2.21. The molecule has 3 N–H and O–H groups in total. The van der Waals surface area contributed by atoms with Gasteiger partial charge in [0.15, 0.2) is 0 Å². The van der Waals surface area contributed by atoms with Gasteiger partial charge in [0.05, 0.1) is 12.2 Å². The van der Waals surface area contributed by atoms with Gasteiger partial charge in [-0.15, -0.1) is 12.4 Å². The summed E-state index contributed by atoms with van der Waals surface area (Å²) >= 11 is 0. The molecule has 0 fully saturated rings. The van der Waals surface area contributed by atoms with Gasteiger partial charge in [-0.05, 0) is 24.1 Å². The molecular formula is C18H22ClF2N3O. The van der Waals surface area contributed by atoms with E-state index in [9.17, 15) is 13.6 Å². The highest BCUT2D eigenvalue weighted by molar-refractivity contribution is 5.92. The summed E-state index contributed by atoms with van der Waals surface area (Å²) in [4.78, 5) is 14.0. The van der Waals surface area contributed by atoms with E-state index in [1.807, 2.05) is 35.2 Å². The fourth-order valence-corrected chi connectivity index (χ4v) is 2.37. The van der Waals surface area contributed by atoms with Crippen molar-refractivity contribution in [1.29, 1.82) is 0 Å². The number of nitrogens with one attached hydrogen (secondary N) is 1. The molecule has 0 radical (unpaired) electrons. The van der Waals surface area contributed by atoms with Crippen LogP contribution in [0.5, 0.6) is 0 Å². The molecule has 4 nitrogen and oxygen atoms in total. The standard InChI is InChI=1S/C18H21F2N3O.ClH/c19-15-6-7-16(20)17(12-15)22-18(24)13-23(11-9-21)10-8-14-4-2-1-3-5-14;/h1-7,12H,8-11,13,21H2,(H,22,24);1H. The molecule has 0 bridgehead atoms. The zero-order chi connectivity index (χ0) is 17.4. The minimum absolute atomic E-state index is 0. The summed E-state index contributed by atoms with van der Waals surface area (Å²) in [6, 6.07) is 12.9. The van der Waals surface area contributed by atoms with E-state index in [4.69, 9.17) is 5.73 Å². The van der Waals surface area contributed by atoms with Crippen LogP contribution in [0.25, 0.3) is 0 Å². The molecule has 0 aliphatic heterocycles. The zero-order valence-corrected chi connectivity index (χ0v) is 14.6. The van der Waals surface area contributed by atoms with Crippen LogP contribution in [0.2, 0.25) is 0 Å². The second-order valence-electron chi connectivity index (χ2n) is 5.47. The first-order chi connectivity index (χ1) is 11.6. The molecule has 2 rings (SSSR count). The molecule has 2 aromatic rings. The molecular weight excluding hydrogens is 348 g/mol. The van der Waals surface area contributed by atoms with Gasteiger partial charge in [0.2, 0.25) is 5.91 Å². The third kappa shape index (κ3) is 7.17. The summed E-state index contributed by atoms with van der Waals surface area (Å²) in [7, 11) is 0. The van der Waals surface area contributed by atoms with Crippen LogP contribution in [0.1, 0.15) is 5.56 Å². The molecule has 0 saturated heterocycles. The molecule has 2 aromatic carbocycles. The van der Waals surface area contributed by atoms with Gasteiger partial charge in [-0.2, -0.15) is 0 Å². The molecule has 0 aliphatic carbocycles. The topological polar surface area (TPSA) is 58.4 Å². The molecule has 1 amide bonds. The molecule has 0 heterocycles. The Morgan fingerprint density at radius 2 is 1.80 bits per heavy atom. The van der Waals surface area contributed by atoms with E-state index in [2.05, 4.69) is 5.32 Å². The van der Waals surface area contributed by atoms with Gasteiger partial charge in [-0.1, -0.05) is 30.3 Å². The van der Waals surface area contributed by atoms with Crippen molar-refractivity contribution in [3.05, 3.63) is 65.7 Å². The Balaban J connectivity index is 0.00000312. The van der Waals surface area contributed by atoms with Crippen LogP contribution >= 0.6 is 12.4 Å². The predicted molar refractivity (Wildman–Crippen MR) is 97.9 cm³/mol. The average molecular weight is 370 g/mol. The summed E-state index contributed by atoms with van der Waals surface area (Å²) < 4.78 is 26.7. The Bertz CT molecular complexity index is 671. The first-order valence-corrected chi connectivity index (χ1v) is 7.79. The average Bonchev–Trinajstić information content (AvgIpc) is 2.57. The summed E-state index contributed by atoms with van der Waals surface area (Å²) in [6.07, 6.45) is 0.780. The largest absolute Gasteiger partial charge is 0.329 e. The Morgan fingerprint density at radius 3 is 2.48 bits per heavy atom. The first kappa shape index (κ1) is 21.0. The molecule has 0 aliphatic rings. The van der Waals surface area contributed by atoms with Crippen LogP contribution < -0.4 is 11.1 Å². The number of hydrogen-bond acceptors (Lipinski definition) is 3. The number of benzene rings is 2. The molecule has 7 heteroatoms. The van der Waals surface area contributed by atoms with Gasteiger partial charge in [0.1, 0.15) is 11.6 Å². The Kier molecular flexibility index (Phi) is 9.05. The smallest absolute Gasteiger partial charge is 0.238 e. The van der Waals surface area contributed by atoms with Gasteiger partial charge in [0, 0.05) is 25.7 Å². The maximum absolute atomic E-state index is 13.6. The molecule has 0 atom stereocenters. The zero-order valence-electron chi connectivity index (χ0n) is 13.8. The van der Waals surface area contributed by atoms with Gasteiger partial charge in [0.25, 0.3) is 0 Å². The highest BCUT2D eigenvalue weighted by atomic mass is 35.5. The van der Waals surface area contributed by atoms with Crippen LogP contribution in [0.15, 0.2) is 48.5 Å². The Hall–Kier alpha value is -2.02. The number of nitrogens with two attached hydrogens (primary N) is 1. The molecule has 0 unspecified atom stereocenters. The van der Waals surface area contributed by atoms with Crippen molar-refractivity contribution in [3.8, 4) is 0 Å². The third-order valence-corrected chi connectivity index (χ3v) is 3.57. The normalized spacial score (nSPS) is 10.4. The number of carbonyl (C=O) groups is 1. The molecule has 0 aromatic heterocycles. The number of hydrogen-bond donors (Lipinski definition) is 2. The number of carbonyl (C=O) groups excluding carboxylic acids is 1. The van der Waals surface area contributed by atoms with Gasteiger partial charge in [-0.3, -0.25) is 9.69 Å². The van der Waals surface area contributed by atoms with Crippen molar-refractivity contribution >= 4 is 24.0 Å². The number of halogens is 3. The molecule has 25 heavy (non-hydrogen) atoms. The van der Waals surface area contributed by atoms with E-state index in [1.54, 1.807) is 0 Å². The number of nitrogens with zero attached hydrogens (tertiary/aromatic N) is 1. The molecule has 0 saturated carbocycles. The summed E-state index contributed by atoms with van der Waals surface area (Å²) in [5.41, 5.74) is 6.59. The van der Waals surface area contributed by atoms with E-state index < -0.39 is 17.5 Å². The van der Waals surface area contributed by atoms with Crippen LogP contribution in [0, 0.1) is 11.6 Å². The van der Waals surface area contributed by atoms with Crippen LogP contribution in [0.4, 0.5) is 14.5 Å². The minimum atomic E-state index is -0.667. The number of anilines is 1. The lowest BCUT2D eigenvalue weighted by Crippen LogP contribution is -2.38. The van der Waals surface area contributed by atoms with Crippen molar-refractivity contribution in [2.75, 3.05) is 31.5 Å². The summed E-state index contributed by atoms with van der Waals surface area (Å²) in [5, 5.41) is 2.40. The third-order valence-electron chi connectivity index (χ3n) is 3.57. The predicted octanol–water partition coefficient (Wildman–Crippen LogP) is 2.83. The van der Waals surface area contributed by atoms with E-state index >= 15 is 0 Å². The number of amides is 1. The van der Waals surface area contributed by atoms with Gasteiger partial charge >= 0.3 is 0 Å². The second-order valence-corrected chi connectivity index (χ2v) is 5.47. The van der Waals surface area contributed by atoms with E-state index in [0.717, 1.165) is 30.2 Å². The quantitative estimate of drug-likeness (QED) is 0.752. The second kappa shape index (κ2) is 10.8. The number of rotatable bonds is 8. The van der Waals surface area contributed by atoms with E-state index in [1.165, 1.54) is 0 Å². The van der Waals surface area contributed by atoms with Gasteiger partial charge < -0.3 is 11.1 Å². The molecule has 0 spiro atoms. The maximum Gasteiger partial charge on any atom is 0.238 e. The van der Waals surface area contributed by atoms with Crippen molar-refractivity contribution in [3.63, 3.8) is 0 Å². The lowest BCUT2D eigenvalue weighted by atomic mass is 10.1. The van der Waals surface area contributed by atoms with E-state index in [-0.39, 0.29) is 24.6 Å². The maximum atomic E-state index is 13.6. The summed E-state index contributed by atoms with van der Waals surface area (Å²) in [5.74, 6) is -1.67. The fraction of sp³-hybridized carbons (Fsp3) is 0.278. The van der Waals surface area contributed by atoms with Crippen LogP contribution in [-0.4, -0.2) is 37.0 Å². The van der Waals surface area contributed by atoms with Crippen molar-refractivity contribution in [1.82, 2.24) is 4.90 Å². The monoisotopic (exact) mass is 369 g/mol. The van der Waals surface area contributed by atoms with Crippen molar-refractivity contribution in [2.24, 2.45) is 5.73 Å². The van der Waals surface area contributed by atoms with Crippen molar-refractivity contribution in [2.45, 2.75) is 6.42 Å². The molecule has 136 valence electrons. The Labute approximate surface area is 152 Å². The van der Waals surface area contributed by atoms with Gasteiger partial charge in [-0.25, -0.2) is 8.78 Å². The lowest BCUT2D eigenvalue weighted by molar-refractivity contribution is -0.117. The van der Waals surface area contributed by atoms with E-state index in [0.29, 0.717) is 19.6 Å². The highest BCUT2D eigenvalue weighted by Gasteiger charge is 2.13. The highest BCUT2D eigenvalue weighted by Crippen LogP contribution is 2.15. The summed E-state index contributed by atoms with van der Waals surface area (Å²) in [6.45, 7) is 1.68. The van der Waals surface area contributed by atoms with Crippen LogP contribution in [-0.2, 0) is 11.2 Å². The SMILES string of the molecule is Cl.NCCN(CCc1ccccc1)CC(=O)Nc1cc(F)ccc1F. The first-order valence-electron chi connectivity index (χ1n) is 7.79. The fourth-order valence-electron chi connectivity index (χ4n) is 2.37.